The quantitative estimate of drug-likeness (QED) is 0.230. The molecule has 1 heterocycles. The van der Waals surface area contributed by atoms with E-state index < -0.39 is 21.1 Å². The van der Waals surface area contributed by atoms with Crippen LogP contribution < -0.4 is 33.2 Å². The fourth-order valence-electron chi connectivity index (χ4n) is 1.16. The third-order valence-electron chi connectivity index (χ3n) is 2.15. The Balaban J connectivity index is 2.87. The fourth-order valence-corrected chi connectivity index (χ4v) is 2.98. The zero-order chi connectivity index (χ0) is 8.81. The van der Waals surface area contributed by atoms with Gasteiger partial charge in [-0.3, -0.25) is 10.3 Å². The van der Waals surface area contributed by atoms with Crippen LogP contribution in [0.2, 0.25) is 0 Å². The van der Waals surface area contributed by atoms with Crippen molar-refractivity contribution < 1.29 is 0 Å². The lowest BCUT2D eigenvalue weighted by Gasteiger charge is -2.34. The Kier molecular flexibility index (Phi) is 2.14. The summed E-state index contributed by atoms with van der Waals surface area (Å²) in [4.78, 5) is 0. The van der Waals surface area contributed by atoms with Gasteiger partial charge in [-0.2, -0.15) is 0 Å². The molecule has 0 amide bonds. The molecule has 0 aliphatic carbocycles. The maximum absolute atomic E-state index is 5.70. The van der Waals surface area contributed by atoms with E-state index in [-0.39, 0.29) is 12.1 Å². The van der Waals surface area contributed by atoms with Crippen LogP contribution in [-0.4, -0.2) is 22.8 Å². The second kappa shape index (κ2) is 2.56. The Bertz CT molecular complexity index is 145. The first-order valence-corrected chi connectivity index (χ1v) is 5.16. The average molecular weight is 180 g/mol. The molecule has 4 atom stereocenters. The van der Waals surface area contributed by atoms with Gasteiger partial charge in [0.1, 0.15) is 0 Å². The van der Waals surface area contributed by atoms with Crippen LogP contribution in [0.1, 0.15) is 0 Å². The second-order valence-electron chi connectivity index (χ2n) is 2.90. The molecule has 1 fully saturated rings. The van der Waals surface area contributed by atoms with Crippen LogP contribution >= 0.6 is 10.4 Å². The number of rotatable bonds is 0. The molecule has 1 aliphatic heterocycles. The highest BCUT2D eigenvalue weighted by molar-refractivity contribution is 8.31. The molecule has 7 heteroatoms. The van der Waals surface area contributed by atoms with E-state index in [0.29, 0.717) is 0 Å². The molecule has 0 saturated carbocycles. The highest BCUT2D eigenvalue weighted by Crippen LogP contribution is 2.45. The minimum absolute atomic E-state index is 0.380. The normalized spacial score (nSPS) is 52.5. The maximum atomic E-state index is 5.70. The van der Waals surface area contributed by atoms with Gasteiger partial charge >= 0.3 is 0 Å². The van der Waals surface area contributed by atoms with Crippen LogP contribution in [0.5, 0.6) is 0 Å². The minimum Gasteiger partial charge on any atom is -0.324 e. The molecule has 1 saturated heterocycles. The van der Waals surface area contributed by atoms with Gasteiger partial charge in [0.15, 0.2) is 0 Å². The van der Waals surface area contributed by atoms with Crippen molar-refractivity contribution in [2.75, 3.05) is 0 Å². The van der Waals surface area contributed by atoms with E-state index in [0.717, 1.165) is 0 Å². The van der Waals surface area contributed by atoms with Crippen molar-refractivity contribution in [3.63, 3.8) is 0 Å². The summed E-state index contributed by atoms with van der Waals surface area (Å²) in [5.74, 6) is 0. The highest BCUT2D eigenvalue weighted by atomic mass is 32.3. The summed E-state index contributed by atoms with van der Waals surface area (Å²) in [6, 6.07) is -0.759. The van der Waals surface area contributed by atoms with E-state index in [1.54, 1.807) is 0 Å². The molecule has 4 unspecified atom stereocenters. The molecule has 0 bridgehead atoms. The van der Waals surface area contributed by atoms with E-state index in [4.69, 9.17) is 33.2 Å². The molecule has 0 aromatic heterocycles. The third kappa shape index (κ3) is 1.14. The lowest BCUT2D eigenvalue weighted by molar-refractivity contribution is 0.535. The molecular formula is C4H16N6S. The van der Waals surface area contributed by atoms with Crippen molar-refractivity contribution in [3.05, 3.63) is 0 Å². The molecule has 11 heavy (non-hydrogen) atoms. The predicted molar refractivity (Wildman–Crippen MR) is 47.9 cm³/mol. The second-order valence-corrected chi connectivity index (χ2v) is 5.62. The lowest BCUT2D eigenvalue weighted by Crippen LogP contribution is -2.50. The molecule has 0 aromatic rings. The van der Waals surface area contributed by atoms with Crippen LogP contribution in [0.15, 0.2) is 0 Å². The summed E-state index contributed by atoms with van der Waals surface area (Å²) >= 11 is 0. The molecule has 1 aliphatic rings. The van der Waals surface area contributed by atoms with Gasteiger partial charge in [0.05, 0.1) is 10.7 Å². The van der Waals surface area contributed by atoms with Gasteiger partial charge in [-0.25, -0.2) is 0 Å². The largest absolute Gasteiger partial charge is 0.324 e. The van der Waals surface area contributed by atoms with Crippen molar-refractivity contribution in [1.29, 1.82) is 0 Å². The lowest BCUT2D eigenvalue weighted by atomic mass is 10.1. The van der Waals surface area contributed by atoms with Gasteiger partial charge < -0.3 is 22.9 Å². The average Bonchev–Trinajstić information content (AvgIpc) is 2.06. The summed E-state index contributed by atoms with van der Waals surface area (Å²) in [5.41, 5.74) is 22.5. The fraction of sp³-hybridized carbons (Fsp3) is 1.00. The van der Waals surface area contributed by atoms with Gasteiger partial charge in [0, 0.05) is 12.1 Å². The van der Waals surface area contributed by atoms with Gasteiger partial charge in [0.2, 0.25) is 0 Å². The zero-order valence-electron chi connectivity index (χ0n) is 6.18. The predicted octanol–water partition coefficient (Wildman–Crippen LogP) is -3.22. The van der Waals surface area contributed by atoms with E-state index in [2.05, 4.69) is 0 Å². The Morgan fingerprint density at radius 2 is 1.00 bits per heavy atom. The minimum atomic E-state index is -2.00. The Morgan fingerprint density at radius 1 is 0.727 bits per heavy atom. The van der Waals surface area contributed by atoms with Crippen LogP contribution in [0.25, 0.3) is 0 Å². The highest BCUT2D eigenvalue weighted by Gasteiger charge is 2.47. The molecule has 6 nitrogen and oxygen atoms in total. The monoisotopic (exact) mass is 180 g/mol. The van der Waals surface area contributed by atoms with Gasteiger partial charge in [-0.1, -0.05) is 0 Å². The Morgan fingerprint density at radius 3 is 1.09 bits per heavy atom. The summed E-state index contributed by atoms with van der Waals surface area (Å²) in [7, 11) is -2.00. The van der Waals surface area contributed by atoms with Crippen molar-refractivity contribution >= 4 is 10.4 Å². The summed E-state index contributed by atoms with van der Waals surface area (Å²) in [6.45, 7) is 0. The maximum Gasteiger partial charge on any atom is 0.0768 e. The first-order valence-electron chi connectivity index (χ1n) is 3.28. The molecule has 1 rings (SSSR count). The van der Waals surface area contributed by atoms with E-state index in [9.17, 15) is 0 Å². The van der Waals surface area contributed by atoms with Crippen LogP contribution in [-0.2, 0) is 0 Å². The molecule has 68 valence electrons. The van der Waals surface area contributed by atoms with Gasteiger partial charge in [-0.05, 0) is 0 Å². The molecule has 12 N–H and O–H groups in total. The molecule has 0 aromatic carbocycles. The number of hydrogen-bond acceptors (Lipinski definition) is 6. The van der Waals surface area contributed by atoms with E-state index in [1.807, 2.05) is 0 Å². The van der Waals surface area contributed by atoms with Gasteiger partial charge in [-0.15, -0.1) is 10.4 Å². The van der Waals surface area contributed by atoms with Crippen LogP contribution in [0.3, 0.4) is 0 Å². The smallest absolute Gasteiger partial charge is 0.0768 e. The Hall–Kier alpha value is 0.110. The van der Waals surface area contributed by atoms with E-state index in [1.165, 1.54) is 0 Å². The number of hydrogen-bond donors (Lipinski definition) is 6. The molecule has 0 spiro atoms. The SMILES string of the molecule is NC1C(N)C(N)S(N)(N)C1N. The van der Waals surface area contributed by atoms with Crippen molar-refractivity contribution in [1.82, 2.24) is 0 Å². The first kappa shape index (κ1) is 9.20. The van der Waals surface area contributed by atoms with E-state index >= 15 is 0 Å². The Labute approximate surface area is 67.2 Å². The standard InChI is InChI=1S/C4H16N6S/c5-1-2(6)4(8)11(9,10)3(1)7/h1-4H,5-10H2. The molecular weight excluding hydrogens is 164 g/mol. The van der Waals surface area contributed by atoms with Crippen molar-refractivity contribution in [2.24, 2.45) is 33.2 Å². The number of nitrogens with two attached hydrogens (primary N) is 6. The third-order valence-corrected chi connectivity index (χ3v) is 4.66. The summed E-state index contributed by atoms with van der Waals surface area (Å²) in [5, 5.41) is 10.5. The summed E-state index contributed by atoms with van der Waals surface area (Å²) < 4.78 is 0. The zero-order valence-corrected chi connectivity index (χ0v) is 7.00. The van der Waals surface area contributed by atoms with Gasteiger partial charge in [0.25, 0.3) is 0 Å². The van der Waals surface area contributed by atoms with Crippen molar-refractivity contribution in [2.45, 2.75) is 22.8 Å². The van der Waals surface area contributed by atoms with Crippen LogP contribution in [0, 0.1) is 0 Å². The van der Waals surface area contributed by atoms with Crippen LogP contribution in [0.4, 0.5) is 0 Å². The van der Waals surface area contributed by atoms with Crippen molar-refractivity contribution in [3.8, 4) is 0 Å². The first-order chi connectivity index (χ1) is 4.89. The topological polar surface area (TPSA) is 156 Å². The summed E-state index contributed by atoms with van der Waals surface area (Å²) in [6.07, 6.45) is 0. The molecule has 0 radical (unpaired) electrons.